The molecule has 1 heterocycles. The smallest absolute Gasteiger partial charge is 0.337 e. The van der Waals surface area contributed by atoms with Gasteiger partial charge < -0.3 is 14.8 Å². The van der Waals surface area contributed by atoms with Crippen LogP contribution in [0.25, 0.3) is 0 Å². The Morgan fingerprint density at radius 3 is 2.65 bits per heavy atom. The molecule has 0 bridgehead atoms. The van der Waals surface area contributed by atoms with Crippen LogP contribution in [0.5, 0.6) is 0 Å². The molecule has 6 nitrogen and oxygen atoms in total. The lowest BCUT2D eigenvalue weighted by Gasteiger charge is -2.38. The van der Waals surface area contributed by atoms with Gasteiger partial charge in [0, 0.05) is 27.4 Å². The van der Waals surface area contributed by atoms with Crippen molar-refractivity contribution in [1.29, 1.82) is 0 Å². The predicted octanol–water partition coefficient (Wildman–Crippen LogP) is 4.40. The normalized spacial score (nSPS) is 24.3. The number of halogens is 1. The number of rotatable bonds is 5. The van der Waals surface area contributed by atoms with Gasteiger partial charge in [-0.15, -0.1) is 0 Å². The summed E-state index contributed by atoms with van der Waals surface area (Å²) in [5, 5.41) is 3.27. The number of hydrogen-bond acceptors (Lipinski definition) is 6. The molecule has 0 radical (unpaired) electrons. The summed E-state index contributed by atoms with van der Waals surface area (Å²) in [6.45, 7) is 7.47. The van der Waals surface area contributed by atoms with Crippen LogP contribution in [0.3, 0.4) is 0 Å². The van der Waals surface area contributed by atoms with Crippen LogP contribution in [0, 0.1) is 11.8 Å². The first-order valence-corrected chi connectivity index (χ1v) is 11.3. The van der Waals surface area contributed by atoms with Crippen molar-refractivity contribution >= 4 is 33.7 Å². The topological polar surface area (TPSA) is 81.7 Å². The molecule has 0 aromatic heterocycles. The molecule has 1 aromatic rings. The quantitative estimate of drug-likeness (QED) is 0.487. The number of ketones is 1. The SMILES string of the molecule is CCC(C)OC(=O)C1=C(C)NC2=C(C(=O)C(C(=O)OC)C(C)C2)C1c1cccc(Br)c1. The Kier molecular flexibility index (Phi) is 7.04. The third kappa shape index (κ3) is 4.47. The van der Waals surface area contributed by atoms with Gasteiger partial charge in [-0.05, 0) is 50.3 Å². The van der Waals surface area contributed by atoms with Crippen LogP contribution in [0.15, 0.2) is 51.3 Å². The number of nitrogens with one attached hydrogen (secondary N) is 1. The van der Waals surface area contributed by atoms with E-state index in [9.17, 15) is 14.4 Å². The zero-order valence-electron chi connectivity index (χ0n) is 18.5. The molecule has 1 N–H and O–H groups in total. The van der Waals surface area contributed by atoms with E-state index in [0.717, 1.165) is 15.7 Å². The number of esters is 2. The Hall–Kier alpha value is -2.41. The van der Waals surface area contributed by atoms with E-state index in [1.165, 1.54) is 7.11 Å². The molecule has 7 heteroatoms. The van der Waals surface area contributed by atoms with Crippen LogP contribution in [0.1, 0.15) is 52.0 Å². The number of carbonyl (C=O) groups excluding carboxylic acids is 3. The van der Waals surface area contributed by atoms with E-state index < -0.39 is 23.8 Å². The standard InChI is InChI=1S/C24H28BrNO5/c1-6-13(3)31-24(29)19-14(4)26-17-10-12(2)18(23(28)30-5)22(27)21(17)20(19)15-8-7-9-16(25)11-15/h7-9,11-13,18,20,26H,6,10H2,1-5H3. The monoisotopic (exact) mass is 489 g/mol. The molecule has 4 unspecified atom stereocenters. The number of carbonyl (C=O) groups is 3. The molecular weight excluding hydrogens is 462 g/mol. The maximum atomic E-state index is 13.6. The first-order chi connectivity index (χ1) is 14.7. The molecule has 1 aliphatic heterocycles. The Labute approximate surface area is 191 Å². The third-order valence-corrected chi connectivity index (χ3v) is 6.52. The summed E-state index contributed by atoms with van der Waals surface area (Å²) in [5.41, 5.74) is 3.02. The molecule has 0 fully saturated rings. The van der Waals surface area contributed by atoms with E-state index >= 15 is 0 Å². The maximum Gasteiger partial charge on any atom is 0.337 e. The van der Waals surface area contributed by atoms with E-state index in [2.05, 4.69) is 21.2 Å². The van der Waals surface area contributed by atoms with Gasteiger partial charge in [-0.2, -0.15) is 0 Å². The largest absolute Gasteiger partial charge is 0.468 e. The van der Waals surface area contributed by atoms with Crippen LogP contribution >= 0.6 is 15.9 Å². The molecule has 166 valence electrons. The van der Waals surface area contributed by atoms with Crippen LogP contribution in [0.4, 0.5) is 0 Å². The van der Waals surface area contributed by atoms with Crippen LogP contribution < -0.4 is 5.32 Å². The van der Waals surface area contributed by atoms with Gasteiger partial charge in [0.05, 0.1) is 18.8 Å². The van der Waals surface area contributed by atoms with Crippen molar-refractivity contribution in [2.75, 3.05) is 7.11 Å². The highest BCUT2D eigenvalue weighted by atomic mass is 79.9. The minimum Gasteiger partial charge on any atom is -0.468 e. The molecular formula is C24H28BrNO5. The van der Waals surface area contributed by atoms with Gasteiger partial charge in [-0.3, -0.25) is 9.59 Å². The summed E-state index contributed by atoms with van der Waals surface area (Å²) in [4.78, 5) is 39.2. The summed E-state index contributed by atoms with van der Waals surface area (Å²) in [7, 11) is 1.29. The molecule has 2 aliphatic rings. The average molecular weight is 490 g/mol. The van der Waals surface area contributed by atoms with Crippen molar-refractivity contribution in [1.82, 2.24) is 5.32 Å². The Bertz CT molecular complexity index is 980. The van der Waals surface area contributed by atoms with E-state index in [1.54, 1.807) is 0 Å². The number of ether oxygens (including phenoxy) is 2. The Morgan fingerprint density at radius 2 is 2.03 bits per heavy atom. The number of hydrogen-bond donors (Lipinski definition) is 1. The van der Waals surface area contributed by atoms with Crippen molar-refractivity contribution in [2.45, 2.75) is 52.6 Å². The molecule has 4 atom stereocenters. The summed E-state index contributed by atoms with van der Waals surface area (Å²) in [6.07, 6.45) is 0.939. The summed E-state index contributed by atoms with van der Waals surface area (Å²) in [5.74, 6) is -3.05. The van der Waals surface area contributed by atoms with E-state index in [1.807, 2.05) is 52.0 Å². The molecule has 3 rings (SSSR count). The predicted molar refractivity (Wildman–Crippen MR) is 120 cm³/mol. The zero-order valence-corrected chi connectivity index (χ0v) is 20.0. The second-order valence-corrected chi connectivity index (χ2v) is 9.13. The van der Waals surface area contributed by atoms with Crippen LogP contribution in [-0.4, -0.2) is 30.9 Å². The fraction of sp³-hybridized carbons (Fsp3) is 0.458. The lowest BCUT2D eigenvalue weighted by atomic mass is 9.69. The van der Waals surface area contributed by atoms with Gasteiger partial charge in [0.25, 0.3) is 0 Å². The first kappa shape index (κ1) is 23.3. The van der Waals surface area contributed by atoms with Gasteiger partial charge in [-0.25, -0.2) is 4.79 Å². The fourth-order valence-corrected chi connectivity index (χ4v) is 4.72. The minimum absolute atomic E-state index is 0.212. The van der Waals surface area contributed by atoms with Crippen molar-refractivity contribution < 1.29 is 23.9 Å². The molecule has 0 saturated heterocycles. The van der Waals surface area contributed by atoms with Gasteiger partial charge in [0.1, 0.15) is 5.92 Å². The number of methoxy groups -OCH3 is 1. The van der Waals surface area contributed by atoms with Gasteiger partial charge in [0.15, 0.2) is 5.78 Å². The minimum atomic E-state index is -0.898. The van der Waals surface area contributed by atoms with Crippen LogP contribution in [-0.2, 0) is 23.9 Å². The first-order valence-electron chi connectivity index (χ1n) is 10.5. The van der Waals surface area contributed by atoms with Crippen molar-refractivity contribution in [3.8, 4) is 0 Å². The van der Waals surface area contributed by atoms with Crippen LogP contribution in [0.2, 0.25) is 0 Å². The molecule has 1 aliphatic carbocycles. The Morgan fingerprint density at radius 1 is 1.32 bits per heavy atom. The van der Waals surface area contributed by atoms with Gasteiger partial charge in [0.2, 0.25) is 0 Å². The zero-order chi connectivity index (χ0) is 22.9. The van der Waals surface area contributed by atoms with E-state index in [0.29, 0.717) is 29.7 Å². The maximum absolute atomic E-state index is 13.6. The van der Waals surface area contributed by atoms with E-state index in [-0.39, 0.29) is 17.8 Å². The van der Waals surface area contributed by atoms with E-state index in [4.69, 9.17) is 9.47 Å². The highest BCUT2D eigenvalue weighted by Gasteiger charge is 2.47. The van der Waals surface area contributed by atoms with Gasteiger partial charge >= 0.3 is 11.9 Å². The second-order valence-electron chi connectivity index (χ2n) is 8.21. The molecule has 0 spiro atoms. The number of allylic oxidation sites excluding steroid dienone is 3. The number of dihydropyridines is 1. The number of benzene rings is 1. The number of Topliss-reactive ketones (excluding diaryl/α,β-unsaturated/α-hetero) is 1. The fourth-order valence-electron chi connectivity index (χ4n) is 4.30. The summed E-state index contributed by atoms with van der Waals surface area (Å²) in [6, 6.07) is 7.52. The Balaban J connectivity index is 2.17. The second kappa shape index (κ2) is 9.39. The molecule has 31 heavy (non-hydrogen) atoms. The third-order valence-electron chi connectivity index (χ3n) is 6.03. The summed E-state index contributed by atoms with van der Waals surface area (Å²) >= 11 is 3.49. The van der Waals surface area contributed by atoms with Crippen molar-refractivity contribution in [2.24, 2.45) is 11.8 Å². The van der Waals surface area contributed by atoms with Crippen molar-refractivity contribution in [3.63, 3.8) is 0 Å². The molecule has 1 aromatic carbocycles. The highest BCUT2D eigenvalue weighted by Crippen LogP contribution is 2.45. The lowest BCUT2D eigenvalue weighted by molar-refractivity contribution is -0.151. The average Bonchev–Trinajstić information content (AvgIpc) is 2.72. The summed E-state index contributed by atoms with van der Waals surface area (Å²) < 4.78 is 11.4. The van der Waals surface area contributed by atoms with Crippen molar-refractivity contribution in [3.05, 3.63) is 56.8 Å². The molecule has 0 amide bonds. The lowest BCUT2D eigenvalue weighted by Crippen LogP contribution is -2.43. The molecule has 0 saturated carbocycles. The highest BCUT2D eigenvalue weighted by molar-refractivity contribution is 9.10. The van der Waals surface area contributed by atoms with Gasteiger partial charge in [-0.1, -0.05) is 41.9 Å².